The Morgan fingerprint density at radius 1 is 1.00 bits per heavy atom. The number of aliphatic carboxylic acids is 1. The molecule has 0 spiro atoms. The van der Waals surface area contributed by atoms with E-state index >= 15 is 0 Å². The molecule has 144 valence electrons. The van der Waals surface area contributed by atoms with Crippen LogP contribution in [0.2, 0.25) is 0 Å². The van der Waals surface area contributed by atoms with Gasteiger partial charge in [0.05, 0.1) is 23.4 Å². The lowest BCUT2D eigenvalue weighted by atomic mass is 9.98. The first-order chi connectivity index (χ1) is 14.0. The van der Waals surface area contributed by atoms with E-state index in [1.54, 1.807) is 30.3 Å². The lowest BCUT2D eigenvalue weighted by Gasteiger charge is -2.15. The van der Waals surface area contributed by atoms with E-state index in [0.29, 0.717) is 33.6 Å². The SMILES string of the molecule is O=C(O)Cc1ccc(/C(Nc2ccccc2)=C2/C(=O)Nc3cc(F)ccc32)cc1. The van der Waals surface area contributed by atoms with Crippen molar-refractivity contribution < 1.29 is 19.1 Å². The van der Waals surface area contributed by atoms with E-state index in [4.69, 9.17) is 5.11 Å². The molecule has 5 nitrogen and oxygen atoms in total. The molecule has 0 aliphatic carbocycles. The van der Waals surface area contributed by atoms with Crippen molar-refractivity contribution >= 4 is 34.5 Å². The van der Waals surface area contributed by atoms with E-state index in [0.717, 1.165) is 5.69 Å². The van der Waals surface area contributed by atoms with Gasteiger partial charge >= 0.3 is 5.97 Å². The molecule has 3 aromatic carbocycles. The Morgan fingerprint density at radius 3 is 2.41 bits per heavy atom. The maximum absolute atomic E-state index is 13.6. The second kappa shape index (κ2) is 7.59. The highest BCUT2D eigenvalue weighted by Gasteiger charge is 2.28. The summed E-state index contributed by atoms with van der Waals surface area (Å²) in [5, 5.41) is 15.0. The van der Waals surface area contributed by atoms with Crippen molar-refractivity contribution in [2.75, 3.05) is 10.6 Å². The van der Waals surface area contributed by atoms with Gasteiger partial charge in [-0.1, -0.05) is 42.5 Å². The number of nitrogens with one attached hydrogen (secondary N) is 2. The van der Waals surface area contributed by atoms with E-state index in [2.05, 4.69) is 10.6 Å². The fourth-order valence-electron chi connectivity index (χ4n) is 3.30. The lowest BCUT2D eigenvalue weighted by molar-refractivity contribution is -0.136. The summed E-state index contributed by atoms with van der Waals surface area (Å²) < 4.78 is 13.6. The third kappa shape index (κ3) is 3.87. The molecule has 0 unspecified atom stereocenters. The van der Waals surface area contributed by atoms with Gasteiger partial charge in [0.2, 0.25) is 0 Å². The number of amides is 1. The maximum Gasteiger partial charge on any atom is 0.307 e. The first-order valence-electron chi connectivity index (χ1n) is 9.00. The van der Waals surface area contributed by atoms with Crippen LogP contribution in [0.25, 0.3) is 11.3 Å². The summed E-state index contributed by atoms with van der Waals surface area (Å²) in [6, 6.07) is 20.5. The van der Waals surface area contributed by atoms with E-state index in [1.807, 2.05) is 30.3 Å². The van der Waals surface area contributed by atoms with Crippen molar-refractivity contribution in [1.29, 1.82) is 0 Å². The summed E-state index contributed by atoms with van der Waals surface area (Å²) in [6.07, 6.45) is -0.0824. The predicted molar refractivity (Wildman–Crippen MR) is 110 cm³/mol. The molecule has 6 heteroatoms. The number of fused-ring (bicyclic) bond motifs is 1. The number of carboxylic acids is 1. The van der Waals surface area contributed by atoms with Gasteiger partial charge < -0.3 is 15.7 Å². The maximum atomic E-state index is 13.6. The third-order valence-electron chi connectivity index (χ3n) is 4.62. The number of halogens is 1. The molecule has 1 amide bonds. The number of carboxylic acid groups (broad SMARTS) is 1. The van der Waals surface area contributed by atoms with Gasteiger partial charge in [0.15, 0.2) is 0 Å². The van der Waals surface area contributed by atoms with Crippen molar-refractivity contribution in [3.05, 3.63) is 95.3 Å². The number of benzene rings is 3. The average molecular weight is 388 g/mol. The standard InChI is InChI=1S/C23H17FN2O3/c24-16-10-11-18-19(13-16)26-23(29)21(18)22(25-17-4-2-1-3-5-17)15-8-6-14(7-9-15)12-20(27)28/h1-11,13,25H,12H2,(H,26,29)(H,27,28)/b22-21-. The number of hydrogen-bond acceptors (Lipinski definition) is 3. The van der Waals surface area contributed by atoms with Gasteiger partial charge in [-0.05, 0) is 41.5 Å². The molecule has 0 saturated heterocycles. The summed E-state index contributed by atoms with van der Waals surface area (Å²) in [4.78, 5) is 23.7. The highest BCUT2D eigenvalue weighted by Crippen LogP contribution is 2.37. The molecule has 0 saturated carbocycles. The van der Waals surface area contributed by atoms with Crippen molar-refractivity contribution in [2.45, 2.75) is 6.42 Å². The van der Waals surface area contributed by atoms with Crippen LogP contribution in [0.1, 0.15) is 16.7 Å². The van der Waals surface area contributed by atoms with Crippen molar-refractivity contribution in [2.24, 2.45) is 0 Å². The Kier molecular flexibility index (Phi) is 4.83. The van der Waals surface area contributed by atoms with Gasteiger partial charge in [0.25, 0.3) is 5.91 Å². The van der Waals surface area contributed by atoms with Crippen molar-refractivity contribution in [3.63, 3.8) is 0 Å². The van der Waals surface area contributed by atoms with Gasteiger partial charge in [-0.15, -0.1) is 0 Å². The molecule has 3 N–H and O–H groups in total. The van der Waals surface area contributed by atoms with Crippen LogP contribution < -0.4 is 10.6 Å². The van der Waals surface area contributed by atoms with Gasteiger partial charge in [0.1, 0.15) is 5.82 Å². The Labute approximate surface area is 166 Å². The lowest BCUT2D eigenvalue weighted by Crippen LogP contribution is -2.10. The molecule has 1 heterocycles. The van der Waals surface area contributed by atoms with E-state index in [-0.39, 0.29) is 12.3 Å². The molecule has 0 radical (unpaired) electrons. The zero-order valence-electron chi connectivity index (χ0n) is 15.3. The van der Waals surface area contributed by atoms with Gasteiger partial charge in [-0.25, -0.2) is 4.39 Å². The van der Waals surface area contributed by atoms with Crippen molar-refractivity contribution in [1.82, 2.24) is 0 Å². The second-order valence-corrected chi connectivity index (χ2v) is 6.65. The summed E-state index contributed by atoms with van der Waals surface area (Å²) in [6.45, 7) is 0. The van der Waals surface area contributed by atoms with Gasteiger partial charge in [0, 0.05) is 11.3 Å². The first kappa shape index (κ1) is 18.4. The highest BCUT2D eigenvalue weighted by atomic mass is 19.1. The number of rotatable bonds is 5. The minimum absolute atomic E-state index is 0.0824. The van der Waals surface area contributed by atoms with E-state index in [9.17, 15) is 14.0 Å². The predicted octanol–water partition coefficient (Wildman–Crippen LogP) is 4.39. The zero-order valence-corrected chi connectivity index (χ0v) is 15.3. The third-order valence-corrected chi connectivity index (χ3v) is 4.62. The van der Waals surface area contributed by atoms with Crippen LogP contribution in [0, 0.1) is 5.82 Å². The Hall–Kier alpha value is -3.93. The molecule has 29 heavy (non-hydrogen) atoms. The highest BCUT2D eigenvalue weighted by molar-refractivity contribution is 6.37. The molecule has 0 atom stereocenters. The number of carbonyl (C=O) groups excluding carboxylic acids is 1. The van der Waals surface area contributed by atoms with Crippen molar-refractivity contribution in [3.8, 4) is 0 Å². The smallest absolute Gasteiger partial charge is 0.307 e. The van der Waals surface area contributed by atoms with Crippen LogP contribution in [0.5, 0.6) is 0 Å². The monoisotopic (exact) mass is 388 g/mol. The molecule has 0 bridgehead atoms. The summed E-state index contributed by atoms with van der Waals surface area (Å²) in [7, 11) is 0. The van der Waals surface area contributed by atoms with Crippen LogP contribution in [0.4, 0.5) is 15.8 Å². The van der Waals surface area contributed by atoms with Crippen LogP contribution in [-0.2, 0) is 16.0 Å². The normalized spacial score (nSPS) is 14.2. The van der Waals surface area contributed by atoms with Crippen LogP contribution in [0.3, 0.4) is 0 Å². The summed E-state index contributed by atoms with van der Waals surface area (Å²) in [5.41, 5.74) is 4.13. The molecular weight excluding hydrogens is 371 g/mol. The topological polar surface area (TPSA) is 78.4 Å². The average Bonchev–Trinajstić information content (AvgIpc) is 3.02. The number of anilines is 2. The van der Waals surface area contributed by atoms with E-state index in [1.165, 1.54) is 12.1 Å². The molecule has 4 rings (SSSR count). The Bertz CT molecular complexity index is 1120. The first-order valence-corrected chi connectivity index (χ1v) is 9.00. The molecule has 1 aliphatic heterocycles. The molecular formula is C23H17FN2O3. The Balaban J connectivity index is 1.84. The molecule has 0 aromatic heterocycles. The van der Waals surface area contributed by atoms with Gasteiger partial charge in [-0.2, -0.15) is 0 Å². The minimum Gasteiger partial charge on any atom is -0.481 e. The number of carbonyl (C=O) groups is 2. The van der Waals surface area contributed by atoms with Crippen LogP contribution >= 0.6 is 0 Å². The zero-order chi connectivity index (χ0) is 20.4. The quantitative estimate of drug-likeness (QED) is 0.567. The molecule has 3 aromatic rings. The summed E-state index contributed by atoms with van der Waals surface area (Å²) >= 11 is 0. The fraction of sp³-hybridized carbons (Fsp3) is 0.0435. The largest absolute Gasteiger partial charge is 0.481 e. The van der Waals surface area contributed by atoms with Crippen LogP contribution in [0.15, 0.2) is 72.8 Å². The fourth-order valence-corrected chi connectivity index (χ4v) is 3.30. The summed E-state index contributed by atoms with van der Waals surface area (Å²) in [5.74, 6) is -1.68. The minimum atomic E-state index is -0.912. The van der Waals surface area contributed by atoms with Gasteiger partial charge in [-0.3, -0.25) is 9.59 Å². The van der Waals surface area contributed by atoms with E-state index < -0.39 is 11.8 Å². The molecule has 1 aliphatic rings. The van der Waals surface area contributed by atoms with Crippen LogP contribution in [-0.4, -0.2) is 17.0 Å². The number of para-hydroxylation sites is 1. The number of hydrogen-bond donors (Lipinski definition) is 3. The second-order valence-electron chi connectivity index (χ2n) is 6.65. The Morgan fingerprint density at radius 2 is 1.72 bits per heavy atom. The molecule has 0 fully saturated rings.